The molecule has 3 aromatic rings. The first-order chi connectivity index (χ1) is 14.8. The van der Waals surface area contributed by atoms with E-state index in [0.717, 1.165) is 29.1 Å². The smallest absolute Gasteiger partial charge is 0.416 e. The van der Waals surface area contributed by atoms with E-state index in [4.69, 9.17) is 28.6 Å². The van der Waals surface area contributed by atoms with Crippen LogP contribution in [-0.2, 0) is 19.3 Å². The van der Waals surface area contributed by atoms with Crippen LogP contribution in [0.5, 0.6) is 5.75 Å². The van der Waals surface area contributed by atoms with Gasteiger partial charge in [-0.25, -0.2) is 0 Å². The molecule has 0 atom stereocenters. The molecule has 4 nitrogen and oxygen atoms in total. The fraction of sp³-hybridized carbons (Fsp3) is 0.182. The monoisotopic (exact) mass is 465 g/mol. The van der Waals surface area contributed by atoms with Crippen molar-refractivity contribution in [1.29, 1.82) is 0 Å². The second kappa shape index (κ2) is 9.98. The average Bonchev–Trinajstić information content (AvgIpc) is 2.75. The third-order valence-electron chi connectivity index (χ3n) is 4.44. The SMILES string of the molecule is COc1ccc(CN(Cc2ccccn2)C(=S)Nc2ccc(C(F)(F)F)cc2Cl)cc1. The molecule has 9 heteroatoms. The number of nitrogens with one attached hydrogen (secondary N) is 1. The van der Waals surface area contributed by atoms with Gasteiger partial charge in [0, 0.05) is 12.7 Å². The topological polar surface area (TPSA) is 37.4 Å². The van der Waals surface area contributed by atoms with Gasteiger partial charge in [-0.1, -0.05) is 29.8 Å². The van der Waals surface area contributed by atoms with E-state index in [1.165, 1.54) is 6.07 Å². The Hall–Kier alpha value is -2.84. The first kappa shape index (κ1) is 22.8. The second-order valence-corrected chi connectivity index (χ2v) is 7.44. The van der Waals surface area contributed by atoms with Gasteiger partial charge in [-0.2, -0.15) is 13.2 Å². The molecule has 0 saturated heterocycles. The van der Waals surface area contributed by atoms with E-state index in [0.29, 0.717) is 23.9 Å². The Kier molecular flexibility index (Phi) is 7.35. The quantitative estimate of drug-likeness (QED) is 0.441. The maximum Gasteiger partial charge on any atom is 0.416 e. The van der Waals surface area contributed by atoms with Gasteiger partial charge >= 0.3 is 6.18 Å². The standard InChI is InChI=1S/C22H19ClF3N3OS/c1-30-18-8-5-15(6-9-18)13-29(14-17-4-2-3-11-27-17)21(31)28-20-10-7-16(12-19(20)23)22(24,25)26/h2-12H,13-14H2,1H3,(H,28,31). The first-order valence-electron chi connectivity index (χ1n) is 9.22. The molecule has 0 unspecified atom stereocenters. The molecule has 0 aliphatic heterocycles. The Morgan fingerprint density at radius 1 is 1.10 bits per heavy atom. The van der Waals surface area contributed by atoms with Crippen LogP contribution in [0.15, 0.2) is 66.9 Å². The van der Waals surface area contributed by atoms with Crippen LogP contribution in [0.4, 0.5) is 18.9 Å². The minimum Gasteiger partial charge on any atom is -0.497 e. The van der Waals surface area contributed by atoms with E-state index in [1.807, 2.05) is 47.4 Å². The zero-order valence-corrected chi connectivity index (χ0v) is 18.1. The lowest BCUT2D eigenvalue weighted by atomic mass is 10.2. The normalized spacial score (nSPS) is 11.1. The van der Waals surface area contributed by atoms with Gasteiger partial charge in [-0.15, -0.1) is 0 Å². The Balaban J connectivity index is 1.81. The highest BCUT2D eigenvalue weighted by molar-refractivity contribution is 7.80. The van der Waals surface area contributed by atoms with Crippen molar-refractivity contribution >= 4 is 34.6 Å². The number of pyridine rings is 1. The molecular formula is C22H19ClF3N3OS. The number of benzene rings is 2. The molecule has 1 aromatic heterocycles. The molecule has 3 rings (SSSR count). The van der Waals surface area contributed by atoms with Crippen molar-refractivity contribution in [2.75, 3.05) is 12.4 Å². The first-order valence-corrected chi connectivity index (χ1v) is 10.0. The number of hydrogen-bond acceptors (Lipinski definition) is 3. The van der Waals surface area contributed by atoms with Crippen molar-refractivity contribution in [2.45, 2.75) is 19.3 Å². The number of ether oxygens (including phenoxy) is 1. The molecule has 1 heterocycles. The number of halogens is 4. The van der Waals surface area contributed by atoms with Crippen molar-refractivity contribution in [3.8, 4) is 5.75 Å². The summed E-state index contributed by atoms with van der Waals surface area (Å²) in [4.78, 5) is 6.19. The number of rotatable bonds is 6. The van der Waals surface area contributed by atoms with E-state index in [1.54, 1.807) is 13.3 Å². The van der Waals surface area contributed by atoms with Gasteiger partial charge in [-0.05, 0) is 60.2 Å². The summed E-state index contributed by atoms with van der Waals surface area (Å²) in [6.07, 6.45) is -2.79. The minimum absolute atomic E-state index is 0.0700. The molecule has 1 N–H and O–H groups in total. The number of hydrogen-bond donors (Lipinski definition) is 1. The molecule has 0 saturated carbocycles. The van der Waals surface area contributed by atoms with Crippen molar-refractivity contribution in [2.24, 2.45) is 0 Å². The van der Waals surface area contributed by atoms with E-state index < -0.39 is 11.7 Å². The van der Waals surface area contributed by atoms with Gasteiger partial charge in [0.1, 0.15) is 5.75 Å². The molecule has 0 spiro atoms. The summed E-state index contributed by atoms with van der Waals surface area (Å²) in [6.45, 7) is 0.849. The van der Waals surface area contributed by atoms with E-state index in [2.05, 4.69) is 10.3 Å². The summed E-state index contributed by atoms with van der Waals surface area (Å²) in [5, 5.41) is 3.20. The van der Waals surface area contributed by atoms with Gasteiger partial charge in [0.05, 0.1) is 35.6 Å². The van der Waals surface area contributed by atoms with Crippen LogP contribution in [0.3, 0.4) is 0 Å². The molecule has 31 heavy (non-hydrogen) atoms. The molecule has 0 aliphatic carbocycles. The molecule has 0 aliphatic rings. The molecule has 0 fully saturated rings. The van der Waals surface area contributed by atoms with Crippen molar-refractivity contribution in [3.05, 3.63) is 88.7 Å². The molecule has 0 bridgehead atoms. The lowest BCUT2D eigenvalue weighted by molar-refractivity contribution is -0.137. The highest BCUT2D eigenvalue weighted by Gasteiger charge is 2.31. The zero-order chi connectivity index (χ0) is 22.4. The third-order valence-corrected chi connectivity index (χ3v) is 5.11. The van der Waals surface area contributed by atoms with Gasteiger partial charge in [0.25, 0.3) is 0 Å². The number of thiocarbonyl (C=S) groups is 1. The Morgan fingerprint density at radius 3 is 2.42 bits per heavy atom. The lowest BCUT2D eigenvalue weighted by Gasteiger charge is -2.26. The van der Waals surface area contributed by atoms with E-state index >= 15 is 0 Å². The number of methoxy groups -OCH3 is 1. The summed E-state index contributed by atoms with van der Waals surface area (Å²) in [7, 11) is 1.59. The fourth-order valence-electron chi connectivity index (χ4n) is 2.83. The van der Waals surface area contributed by atoms with Gasteiger partial charge < -0.3 is 15.0 Å². The number of aromatic nitrogens is 1. The van der Waals surface area contributed by atoms with Gasteiger partial charge in [0.15, 0.2) is 5.11 Å². The molecule has 162 valence electrons. The van der Waals surface area contributed by atoms with E-state index in [-0.39, 0.29) is 5.02 Å². The van der Waals surface area contributed by atoms with Crippen LogP contribution in [0, 0.1) is 0 Å². The lowest BCUT2D eigenvalue weighted by Crippen LogP contribution is -2.34. The molecule has 0 radical (unpaired) electrons. The van der Waals surface area contributed by atoms with Crippen LogP contribution in [-0.4, -0.2) is 22.1 Å². The molecular weight excluding hydrogens is 447 g/mol. The van der Waals surface area contributed by atoms with Gasteiger partial charge in [0.2, 0.25) is 0 Å². The maximum atomic E-state index is 12.9. The summed E-state index contributed by atoms with van der Waals surface area (Å²) in [5.74, 6) is 0.734. The van der Waals surface area contributed by atoms with Crippen molar-refractivity contribution in [1.82, 2.24) is 9.88 Å². The summed E-state index contributed by atoms with van der Waals surface area (Å²) in [5.41, 5.74) is 1.23. The fourth-order valence-corrected chi connectivity index (χ4v) is 3.29. The van der Waals surface area contributed by atoms with Crippen LogP contribution in [0.2, 0.25) is 5.02 Å². The van der Waals surface area contributed by atoms with Crippen LogP contribution in [0.1, 0.15) is 16.8 Å². The van der Waals surface area contributed by atoms with E-state index in [9.17, 15) is 13.2 Å². The Morgan fingerprint density at radius 2 is 1.84 bits per heavy atom. The summed E-state index contributed by atoms with van der Waals surface area (Å²) >= 11 is 11.6. The molecule has 2 aromatic carbocycles. The second-order valence-electron chi connectivity index (χ2n) is 6.65. The molecule has 0 amide bonds. The highest BCUT2D eigenvalue weighted by atomic mass is 35.5. The maximum absolute atomic E-state index is 12.9. The number of nitrogens with zero attached hydrogens (tertiary/aromatic N) is 2. The van der Waals surface area contributed by atoms with Gasteiger partial charge in [-0.3, -0.25) is 4.98 Å². The largest absolute Gasteiger partial charge is 0.497 e. The Bertz CT molecular complexity index is 1030. The van der Waals surface area contributed by atoms with Crippen LogP contribution in [0.25, 0.3) is 0 Å². The average molecular weight is 466 g/mol. The predicted molar refractivity (Wildman–Crippen MR) is 119 cm³/mol. The predicted octanol–water partition coefficient (Wildman–Crippen LogP) is 6.16. The zero-order valence-electron chi connectivity index (χ0n) is 16.5. The Labute approximate surface area is 188 Å². The summed E-state index contributed by atoms with van der Waals surface area (Å²) < 4.78 is 43.9. The van der Waals surface area contributed by atoms with Crippen LogP contribution < -0.4 is 10.1 Å². The van der Waals surface area contributed by atoms with Crippen LogP contribution >= 0.6 is 23.8 Å². The van der Waals surface area contributed by atoms with Crippen molar-refractivity contribution in [3.63, 3.8) is 0 Å². The summed E-state index contributed by atoms with van der Waals surface area (Å²) in [6, 6.07) is 16.2. The minimum atomic E-state index is -4.47. The third kappa shape index (κ3) is 6.32. The number of alkyl halides is 3. The highest BCUT2D eigenvalue weighted by Crippen LogP contribution is 2.34. The number of anilines is 1. The van der Waals surface area contributed by atoms with Crippen molar-refractivity contribution < 1.29 is 17.9 Å².